The lowest BCUT2D eigenvalue weighted by molar-refractivity contribution is -0.655. The van der Waals surface area contributed by atoms with Crippen LogP contribution in [0.1, 0.15) is 17.2 Å². The van der Waals surface area contributed by atoms with Crippen LogP contribution in [0.15, 0.2) is 60.2 Å². The molecule has 2 aromatic rings. The van der Waals surface area contributed by atoms with Crippen molar-refractivity contribution in [2.75, 3.05) is 33.4 Å². The molecule has 0 radical (unpaired) electrons. The Bertz CT molecular complexity index is 893. The average Bonchev–Trinajstić information content (AvgIpc) is 3.01. The number of aliphatic hydroxyl groups is 2. The monoisotopic (exact) mass is 397 g/mol. The maximum atomic E-state index is 12.8. The highest BCUT2D eigenvalue weighted by Crippen LogP contribution is 2.39. The fourth-order valence-electron chi connectivity index (χ4n) is 3.46. The number of ether oxygens (including phenoxy) is 1. The lowest BCUT2D eigenvalue weighted by Gasteiger charge is -2.24. The normalized spacial score (nSPS) is 18.3. The van der Waals surface area contributed by atoms with Crippen molar-refractivity contribution in [3.05, 3.63) is 71.3 Å². The molecule has 0 aliphatic carbocycles. The molecule has 7 nitrogen and oxygen atoms in total. The van der Waals surface area contributed by atoms with Crippen LogP contribution in [-0.2, 0) is 9.59 Å². The molecule has 0 bridgehead atoms. The minimum atomic E-state index is -0.700. The van der Waals surface area contributed by atoms with Crippen molar-refractivity contribution in [1.29, 1.82) is 0 Å². The Morgan fingerprint density at radius 2 is 1.76 bits per heavy atom. The summed E-state index contributed by atoms with van der Waals surface area (Å²) < 4.78 is 5.20. The van der Waals surface area contributed by atoms with Crippen molar-refractivity contribution in [2.45, 2.75) is 6.04 Å². The largest absolute Gasteiger partial charge is 0.507 e. The van der Waals surface area contributed by atoms with E-state index in [4.69, 9.17) is 9.84 Å². The Kier molecular flexibility index (Phi) is 6.64. The standard InChI is InChI=1S/C22H24N2O5/c1-29-17-9-7-15(8-10-17)19-18(20(26)16-5-3-2-4-6-16)21(27)22(28)24(19)13-11-23-12-14-25/h2-10,19,23,25-26H,11-14H2,1H3/p+1/t19-/m1/s1. The topological polar surface area (TPSA) is 104 Å². The van der Waals surface area contributed by atoms with E-state index < -0.39 is 17.7 Å². The molecule has 0 unspecified atom stereocenters. The molecular weight excluding hydrogens is 372 g/mol. The molecule has 29 heavy (non-hydrogen) atoms. The van der Waals surface area contributed by atoms with Gasteiger partial charge in [-0.3, -0.25) is 9.59 Å². The number of hydrogen-bond donors (Lipinski definition) is 3. The van der Waals surface area contributed by atoms with Crippen LogP contribution in [0.4, 0.5) is 0 Å². The summed E-state index contributed by atoms with van der Waals surface area (Å²) in [6, 6.07) is 15.1. The van der Waals surface area contributed by atoms with Gasteiger partial charge in [-0.05, 0) is 17.7 Å². The molecule has 0 aromatic heterocycles. The van der Waals surface area contributed by atoms with E-state index in [1.165, 1.54) is 4.90 Å². The van der Waals surface area contributed by atoms with E-state index in [0.29, 0.717) is 36.5 Å². The van der Waals surface area contributed by atoms with Crippen molar-refractivity contribution in [3.8, 4) is 5.75 Å². The van der Waals surface area contributed by atoms with Crippen LogP contribution in [0.2, 0.25) is 0 Å². The number of benzene rings is 2. The minimum Gasteiger partial charge on any atom is -0.507 e. The highest BCUT2D eigenvalue weighted by molar-refractivity contribution is 6.46. The number of ketones is 1. The number of rotatable bonds is 8. The van der Waals surface area contributed by atoms with Gasteiger partial charge in [-0.2, -0.15) is 0 Å². The Labute approximate surface area is 169 Å². The van der Waals surface area contributed by atoms with E-state index in [-0.39, 0.29) is 17.9 Å². The minimum absolute atomic E-state index is 0.0364. The average molecular weight is 397 g/mol. The predicted octanol–water partition coefficient (Wildman–Crippen LogP) is 0.673. The third-order valence-electron chi connectivity index (χ3n) is 4.93. The van der Waals surface area contributed by atoms with Crippen molar-refractivity contribution in [3.63, 3.8) is 0 Å². The smallest absolute Gasteiger partial charge is 0.295 e. The quantitative estimate of drug-likeness (QED) is 0.263. The van der Waals surface area contributed by atoms with Crippen LogP contribution in [-0.4, -0.2) is 60.2 Å². The molecule has 0 saturated carbocycles. The first-order chi connectivity index (χ1) is 14.1. The van der Waals surface area contributed by atoms with Crippen LogP contribution in [0.5, 0.6) is 5.75 Å². The number of aliphatic hydroxyl groups excluding tert-OH is 2. The van der Waals surface area contributed by atoms with Gasteiger partial charge in [0.25, 0.3) is 11.7 Å². The highest BCUT2D eigenvalue weighted by atomic mass is 16.5. The molecule has 1 fully saturated rings. The third-order valence-corrected chi connectivity index (χ3v) is 4.93. The molecule has 0 spiro atoms. The molecule has 1 atom stereocenters. The number of nitrogens with zero attached hydrogens (tertiary/aromatic N) is 1. The van der Waals surface area contributed by atoms with Gasteiger partial charge >= 0.3 is 0 Å². The van der Waals surface area contributed by atoms with Crippen LogP contribution in [0.3, 0.4) is 0 Å². The van der Waals surface area contributed by atoms with E-state index in [2.05, 4.69) is 0 Å². The van der Waals surface area contributed by atoms with Crippen molar-refractivity contribution in [1.82, 2.24) is 4.90 Å². The maximum absolute atomic E-state index is 12.8. The second-order valence-electron chi connectivity index (χ2n) is 6.72. The number of carbonyl (C=O) groups excluding carboxylic acids is 2. The number of likely N-dealkylation sites (tertiary alicyclic amines) is 1. The summed E-state index contributed by atoms with van der Waals surface area (Å²) in [6.45, 7) is 1.40. The Morgan fingerprint density at radius 1 is 1.07 bits per heavy atom. The first kappa shape index (κ1) is 20.6. The van der Waals surface area contributed by atoms with E-state index in [9.17, 15) is 14.7 Å². The molecule has 1 heterocycles. The van der Waals surface area contributed by atoms with E-state index in [1.807, 2.05) is 11.4 Å². The summed E-state index contributed by atoms with van der Waals surface area (Å²) >= 11 is 0. The Hall–Kier alpha value is -3.16. The molecule has 1 amide bonds. The molecule has 2 aromatic carbocycles. The molecule has 3 rings (SSSR count). The van der Waals surface area contributed by atoms with Gasteiger partial charge in [0.1, 0.15) is 11.5 Å². The zero-order valence-electron chi connectivity index (χ0n) is 16.2. The summed E-state index contributed by atoms with van der Waals surface area (Å²) in [5.41, 5.74) is 1.27. The van der Waals surface area contributed by atoms with E-state index >= 15 is 0 Å². The number of methoxy groups -OCH3 is 1. The summed E-state index contributed by atoms with van der Waals surface area (Å²) in [7, 11) is 1.56. The second kappa shape index (κ2) is 9.36. The molecule has 1 aliphatic rings. The highest BCUT2D eigenvalue weighted by Gasteiger charge is 2.46. The molecule has 7 heteroatoms. The SMILES string of the molecule is COc1ccc([C@@H]2C(=C(O)c3ccccc3)C(=O)C(=O)N2CC[NH2+]CCO)cc1. The van der Waals surface area contributed by atoms with Crippen LogP contribution < -0.4 is 10.1 Å². The summed E-state index contributed by atoms with van der Waals surface area (Å²) in [5, 5.41) is 21.7. The molecule has 152 valence electrons. The molecular formula is C22H25N2O5+. The summed E-state index contributed by atoms with van der Waals surface area (Å²) in [6.07, 6.45) is 0. The van der Waals surface area contributed by atoms with Gasteiger partial charge in [0.15, 0.2) is 0 Å². The third kappa shape index (κ3) is 4.31. The van der Waals surface area contributed by atoms with E-state index in [0.717, 1.165) is 0 Å². The van der Waals surface area contributed by atoms with Crippen LogP contribution >= 0.6 is 0 Å². The number of nitrogens with two attached hydrogens (primary N) is 1. The fraction of sp³-hybridized carbons (Fsp3) is 0.273. The van der Waals surface area contributed by atoms with E-state index in [1.54, 1.807) is 55.6 Å². The predicted molar refractivity (Wildman–Crippen MR) is 107 cm³/mol. The Balaban J connectivity index is 2.04. The molecule has 1 aliphatic heterocycles. The number of hydrogen-bond acceptors (Lipinski definition) is 5. The first-order valence-electron chi connectivity index (χ1n) is 9.48. The van der Waals surface area contributed by atoms with Gasteiger partial charge in [0.05, 0.1) is 45.0 Å². The zero-order chi connectivity index (χ0) is 20.8. The first-order valence-corrected chi connectivity index (χ1v) is 9.48. The van der Waals surface area contributed by atoms with Gasteiger partial charge in [0, 0.05) is 5.56 Å². The van der Waals surface area contributed by atoms with Crippen LogP contribution in [0.25, 0.3) is 5.76 Å². The molecule has 1 saturated heterocycles. The summed E-state index contributed by atoms with van der Waals surface area (Å²) in [4.78, 5) is 27.1. The lowest BCUT2D eigenvalue weighted by atomic mass is 9.95. The number of amides is 1. The van der Waals surface area contributed by atoms with Crippen LogP contribution in [0, 0.1) is 0 Å². The van der Waals surface area contributed by atoms with Crippen molar-refractivity contribution < 1.29 is 29.9 Å². The van der Waals surface area contributed by atoms with Gasteiger partial charge in [-0.25, -0.2) is 0 Å². The lowest BCUT2D eigenvalue weighted by Crippen LogP contribution is -2.86. The number of quaternary nitrogens is 1. The van der Waals surface area contributed by atoms with Crippen molar-refractivity contribution >= 4 is 17.4 Å². The van der Waals surface area contributed by atoms with Gasteiger partial charge in [-0.1, -0.05) is 42.5 Å². The Morgan fingerprint density at radius 3 is 2.38 bits per heavy atom. The van der Waals surface area contributed by atoms with Gasteiger partial charge in [-0.15, -0.1) is 0 Å². The number of carbonyl (C=O) groups is 2. The summed E-state index contributed by atoms with van der Waals surface area (Å²) in [5.74, 6) is -0.869. The molecule has 4 N–H and O–H groups in total. The number of Topliss-reactive ketones (excluding diaryl/α,β-unsaturated/α-hetero) is 1. The van der Waals surface area contributed by atoms with Gasteiger partial charge < -0.3 is 25.2 Å². The second-order valence-corrected chi connectivity index (χ2v) is 6.72. The van der Waals surface area contributed by atoms with Gasteiger partial charge in [0.2, 0.25) is 0 Å². The zero-order valence-corrected chi connectivity index (χ0v) is 16.2. The maximum Gasteiger partial charge on any atom is 0.295 e. The fourth-order valence-corrected chi connectivity index (χ4v) is 3.46. The van der Waals surface area contributed by atoms with Crippen molar-refractivity contribution in [2.24, 2.45) is 0 Å².